The lowest BCUT2D eigenvalue weighted by molar-refractivity contribution is -0.149. The van der Waals surface area contributed by atoms with Gasteiger partial charge >= 0.3 is 5.97 Å². The standard InChI is InChI=1S/C17H20N2O4/c20-15(13-7-11-3-2-6-23-14(11)8-18-13)19-9-12-4-1-5-17(12,10-19)16(21)22/h7-8,12H,1-6,9-10H2,(H,21,22)/t12-,17+/m0/s1. The molecule has 1 N–H and O–H groups in total. The Bertz CT molecular complexity index is 675. The highest BCUT2D eigenvalue weighted by Gasteiger charge is 2.55. The number of carbonyl (C=O) groups is 2. The van der Waals surface area contributed by atoms with Gasteiger partial charge in [0.25, 0.3) is 5.91 Å². The van der Waals surface area contributed by atoms with Gasteiger partial charge in [-0.3, -0.25) is 9.59 Å². The third-order valence-electron chi connectivity index (χ3n) is 5.60. The number of carbonyl (C=O) groups excluding carboxylic acids is 1. The summed E-state index contributed by atoms with van der Waals surface area (Å²) in [5.41, 5.74) is 0.671. The van der Waals surface area contributed by atoms with Gasteiger partial charge in [0.1, 0.15) is 11.4 Å². The number of nitrogens with zero attached hydrogens (tertiary/aromatic N) is 2. The average molecular weight is 316 g/mol. The quantitative estimate of drug-likeness (QED) is 0.899. The number of fused-ring (bicyclic) bond motifs is 2. The fourth-order valence-corrected chi connectivity index (χ4v) is 4.33. The average Bonchev–Trinajstić information content (AvgIpc) is 3.12. The molecule has 23 heavy (non-hydrogen) atoms. The number of hydrogen-bond donors (Lipinski definition) is 1. The predicted molar refractivity (Wildman–Crippen MR) is 81.4 cm³/mol. The minimum atomic E-state index is -0.762. The third kappa shape index (κ3) is 2.19. The Balaban J connectivity index is 1.57. The van der Waals surface area contributed by atoms with Gasteiger partial charge in [-0.25, -0.2) is 4.98 Å². The second kappa shape index (κ2) is 5.22. The number of rotatable bonds is 2. The first kappa shape index (κ1) is 14.5. The van der Waals surface area contributed by atoms with E-state index in [9.17, 15) is 14.7 Å². The molecule has 122 valence electrons. The SMILES string of the molecule is O=C(c1cc2c(cn1)OCCC2)N1C[C@@H]2CCC[C@@]2(C(=O)O)C1. The Morgan fingerprint density at radius 3 is 3.04 bits per heavy atom. The van der Waals surface area contributed by atoms with Gasteiger partial charge in [-0.2, -0.15) is 0 Å². The highest BCUT2D eigenvalue weighted by atomic mass is 16.5. The van der Waals surface area contributed by atoms with Crippen molar-refractivity contribution in [1.29, 1.82) is 0 Å². The van der Waals surface area contributed by atoms with Crippen LogP contribution in [-0.2, 0) is 11.2 Å². The van der Waals surface area contributed by atoms with Crippen LogP contribution in [-0.4, -0.2) is 46.6 Å². The Labute approximate surface area is 134 Å². The van der Waals surface area contributed by atoms with Crippen LogP contribution in [0, 0.1) is 11.3 Å². The Morgan fingerprint density at radius 1 is 1.39 bits per heavy atom. The molecule has 1 aromatic heterocycles. The van der Waals surface area contributed by atoms with Crippen molar-refractivity contribution in [3.05, 3.63) is 23.5 Å². The highest BCUT2D eigenvalue weighted by Crippen LogP contribution is 2.49. The van der Waals surface area contributed by atoms with E-state index in [-0.39, 0.29) is 11.8 Å². The second-order valence-corrected chi connectivity index (χ2v) is 6.87. The second-order valence-electron chi connectivity index (χ2n) is 6.87. The molecule has 1 aromatic rings. The summed E-state index contributed by atoms with van der Waals surface area (Å²) in [4.78, 5) is 30.4. The molecule has 0 radical (unpaired) electrons. The minimum Gasteiger partial charge on any atom is -0.492 e. The molecule has 4 rings (SSSR count). The smallest absolute Gasteiger partial charge is 0.311 e. The minimum absolute atomic E-state index is 0.0740. The predicted octanol–water partition coefficient (Wildman–Crippen LogP) is 1.73. The first-order valence-electron chi connectivity index (χ1n) is 8.24. The maximum absolute atomic E-state index is 12.8. The lowest BCUT2D eigenvalue weighted by Gasteiger charge is -2.23. The number of aliphatic carboxylic acids is 1. The van der Waals surface area contributed by atoms with E-state index in [4.69, 9.17) is 4.74 Å². The highest BCUT2D eigenvalue weighted by molar-refractivity contribution is 5.93. The first-order valence-corrected chi connectivity index (χ1v) is 8.24. The van der Waals surface area contributed by atoms with Gasteiger partial charge in [-0.05, 0) is 43.2 Å². The van der Waals surface area contributed by atoms with E-state index in [0.29, 0.717) is 31.8 Å². The molecule has 1 aliphatic carbocycles. The number of carboxylic acids is 1. The van der Waals surface area contributed by atoms with E-state index in [2.05, 4.69) is 4.98 Å². The zero-order chi connectivity index (χ0) is 16.0. The first-order chi connectivity index (χ1) is 11.1. The van der Waals surface area contributed by atoms with Crippen LogP contribution in [0.25, 0.3) is 0 Å². The molecule has 2 fully saturated rings. The Hall–Kier alpha value is -2.11. The van der Waals surface area contributed by atoms with Gasteiger partial charge in [0.05, 0.1) is 18.2 Å². The third-order valence-corrected chi connectivity index (χ3v) is 5.60. The van der Waals surface area contributed by atoms with Crippen LogP contribution in [0.3, 0.4) is 0 Å². The molecule has 2 atom stereocenters. The normalized spacial score (nSPS) is 28.9. The van der Waals surface area contributed by atoms with Crippen molar-refractivity contribution in [3.63, 3.8) is 0 Å². The topological polar surface area (TPSA) is 79.7 Å². The van der Waals surface area contributed by atoms with Crippen LogP contribution < -0.4 is 4.74 Å². The molecule has 0 aromatic carbocycles. The van der Waals surface area contributed by atoms with Crippen molar-refractivity contribution in [2.24, 2.45) is 11.3 Å². The molecule has 2 aliphatic heterocycles. The number of amides is 1. The van der Waals surface area contributed by atoms with E-state index in [1.165, 1.54) is 0 Å². The van der Waals surface area contributed by atoms with E-state index in [1.54, 1.807) is 17.2 Å². The zero-order valence-corrected chi connectivity index (χ0v) is 13.0. The van der Waals surface area contributed by atoms with Crippen LogP contribution >= 0.6 is 0 Å². The summed E-state index contributed by atoms with van der Waals surface area (Å²) in [6.07, 6.45) is 5.95. The van der Waals surface area contributed by atoms with Gasteiger partial charge in [0, 0.05) is 13.1 Å². The molecule has 3 heterocycles. The molecular formula is C17H20N2O4. The monoisotopic (exact) mass is 316 g/mol. The van der Waals surface area contributed by atoms with Crippen molar-refractivity contribution < 1.29 is 19.4 Å². The van der Waals surface area contributed by atoms with Gasteiger partial charge in [0.2, 0.25) is 0 Å². The molecule has 1 amide bonds. The van der Waals surface area contributed by atoms with Crippen LogP contribution in [0.2, 0.25) is 0 Å². The summed E-state index contributed by atoms with van der Waals surface area (Å²) in [6.45, 7) is 1.53. The lowest BCUT2D eigenvalue weighted by atomic mass is 9.81. The Kier molecular flexibility index (Phi) is 3.28. The number of aromatic nitrogens is 1. The van der Waals surface area contributed by atoms with Crippen molar-refractivity contribution in [2.75, 3.05) is 19.7 Å². The zero-order valence-electron chi connectivity index (χ0n) is 13.0. The maximum Gasteiger partial charge on any atom is 0.311 e. The molecule has 0 bridgehead atoms. The van der Waals surface area contributed by atoms with Crippen molar-refractivity contribution in [2.45, 2.75) is 32.1 Å². The molecular weight excluding hydrogens is 296 g/mol. The summed E-state index contributed by atoms with van der Waals surface area (Å²) in [6, 6.07) is 1.80. The molecule has 0 unspecified atom stereocenters. The fraction of sp³-hybridized carbons (Fsp3) is 0.588. The lowest BCUT2D eigenvalue weighted by Crippen LogP contribution is -2.37. The molecule has 1 saturated heterocycles. The van der Waals surface area contributed by atoms with Gasteiger partial charge in [0.15, 0.2) is 0 Å². The Morgan fingerprint density at radius 2 is 2.26 bits per heavy atom. The van der Waals surface area contributed by atoms with Crippen LogP contribution in [0.1, 0.15) is 41.7 Å². The molecule has 6 nitrogen and oxygen atoms in total. The van der Waals surface area contributed by atoms with E-state index in [0.717, 1.165) is 37.0 Å². The van der Waals surface area contributed by atoms with Gasteiger partial charge in [-0.15, -0.1) is 0 Å². The van der Waals surface area contributed by atoms with Crippen molar-refractivity contribution in [3.8, 4) is 5.75 Å². The number of pyridine rings is 1. The molecule has 0 spiro atoms. The summed E-state index contributed by atoms with van der Waals surface area (Å²) < 4.78 is 5.53. The largest absolute Gasteiger partial charge is 0.492 e. The molecule has 6 heteroatoms. The molecule has 1 saturated carbocycles. The van der Waals surface area contributed by atoms with Crippen molar-refractivity contribution >= 4 is 11.9 Å². The fourth-order valence-electron chi connectivity index (χ4n) is 4.33. The number of ether oxygens (including phenoxy) is 1. The van der Waals surface area contributed by atoms with Crippen LogP contribution in [0.5, 0.6) is 5.75 Å². The van der Waals surface area contributed by atoms with Gasteiger partial charge in [-0.1, -0.05) is 6.42 Å². The van der Waals surface area contributed by atoms with E-state index < -0.39 is 11.4 Å². The maximum atomic E-state index is 12.8. The number of aryl methyl sites for hydroxylation is 1. The summed E-state index contributed by atoms with van der Waals surface area (Å²) in [5, 5.41) is 9.63. The number of carboxylic acid groups (broad SMARTS) is 1. The number of likely N-dealkylation sites (tertiary alicyclic amines) is 1. The number of hydrogen-bond acceptors (Lipinski definition) is 4. The summed E-state index contributed by atoms with van der Waals surface area (Å²) in [7, 11) is 0. The van der Waals surface area contributed by atoms with Gasteiger partial charge < -0.3 is 14.7 Å². The van der Waals surface area contributed by atoms with E-state index >= 15 is 0 Å². The summed E-state index contributed by atoms with van der Waals surface area (Å²) >= 11 is 0. The van der Waals surface area contributed by atoms with Crippen molar-refractivity contribution in [1.82, 2.24) is 9.88 Å². The summed E-state index contributed by atoms with van der Waals surface area (Å²) in [5.74, 6) is -0.0893. The van der Waals surface area contributed by atoms with Crippen LogP contribution in [0.4, 0.5) is 0 Å². The van der Waals surface area contributed by atoms with E-state index in [1.807, 2.05) is 0 Å². The van der Waals surface area contributed by atoms with Crippen LogP contribution in [0.15, 0.2) is 12.3 Å². The molecule has 3 aliphatic rings.